The molecule has 1 saturated heterocycles. The average Bonchev–Trinajstić information content (AvgIpc) is 3.14. The van der Waals surface area contributed by atoms with Crippen LogP contribution in [-0.2, 0) is 14.3 Å². The molecule has 2 radical (unpaired) electrons. The van der Waals surface area contributed by atoms with Crippen LogP contribution in [0.2, 0.25) is 0 Å². The van der Waals surface area contributed by atoms with Gasteiger partial charge < -0.3 is 20.5 Å². The lowest BCUT2D eigenvalue weighted by Gasteiger charge is -2.35. The van der Waals surface area contributed by atoms with E-state index >= 15 is 0 Å². The van der Waals surface area contributed by atoms with E-state index in [1.165, 1.54) is 12.8 Å². The minimum Gasteiger partial charge on any atom is -0.392 e. The second-order valence-corrected chi connectivity index (χ2v) is 13.7. The Hall–Kier alpha value is -1.25. The number of hydrogen-bond acceptors (Lipinski definition) is 6. The summed E-state index contributed by atoms with van der Waals surface area (Å²) in [5, 5.41) is 10.00. The van der Waals surface area contributed by atoms with Crippen molar-refractivity contribution >= 4 is 25.2 Å². The molecule has 228 valence electrons. The number of Topliss-reactive ketones (excluding diaryl/α,β-unsaturated/α-hetero) is 2. The minimum absolute atomic E-state index is 0.00513. The van der Waals surface area contributed by atoms with E-state index in [0.29, 0.717) is 35.9 Å². The van der Waals surface area contributed by atoms with E-state index < -0.39 is 17.6 Å². The molecule has 7 nitrogen and oxygen atoms in total. The summed E-state index contributed by atoms with van der Waals surface area (Å²) in [6, 6.07) is -0.156. The van der Waals surface area contributed by atoms with Crippen LogP contribution in [0.4, 0.5) is 4.79 Å². The van der Waals surface area contributed by atoms with Crippen LogP contribution in [0, 0.1) is 35.5 Å². The molecule has 1 aliphatic heterocycles. The van der Waals surface area contributed by atoms with Crippen molar-refractivity contribution < 1.29 is 24.2 Å². The van der Waals surface area contributed by atoms with Crippen LogP contribution in [0.15, 0.2) is 0 Å². The minimum atomic E-state index is -0.676. The maximum atomic E-state index is 12.1. The van der Waals surface area contributed by atoms with E-state index in [-0.39, 0.29) is 35.8 Å². The van der Waals surface area contributed by atoms with Crippen molar-refractivity contribution in [2.75, 3.05) is 0 Å². The van der Waals surface area contributed by atoms with Crippen molar-refractivity contribution in [1.82, 2.24) is 4.90 Å². The SMILES string of the molecule is CC[C@H](N)[C@H](O)CC1CCC(C)CC1C(C)=O.[B]C(=O)N1[C@@H](CC)[C@@H](CC2CCC(C)CC2C(C)=O)OC1(C)C. The highest BCUT2D eigenvalue weighted by Crippen LogP contribution is 2.42. The lowest BCUT2D eigenvalue weighted by molar-refractivity contribution is -0.125. The molecule has 10 atom stereocenters. The number of aliphatic hydroxyl groups is 1. The van der Waals surface area contributed by atoms with Crippen LogP contribution >= 0.6 is 0 Å². The summed E-state index contributed by atoms with van der Waals surface area (Å²) in [4.78, 5) is 37.2. The largest absolute Gasteiger partial charge is 0.392 e. The number of ether oxygens (including phenoxy) is 1. The van der Waals surface area contributed by atoms with E-state index in [2.05, 4.69) is 20.8 Å². The first kappa shape index (κ1) is 35.0. The molecule has 3 aliphatic rings. The van der Waals surface area contributed by atoms with Gasteiger partial charge in [-0.15, -0.1) is 0 Å². The summed E-state index contributed by atoms with van der Waals surface area (Å²) in [6.45, 7) is 15.7. The third kappa shape index (κ3) is 9.13. The summed E-state index contributed by atoms with van der Waals surface area (Å²) >= 11 is 0. The predicted molar refractivity (Wildman–Crippen MR) is 161 cm³/mol. The van der Waals surface area contributed by atoms with Gasteiger partial charge in [0, 0.05) is 17.9 Å². The highest BCUT2D eigenvalue weighted by Gasteiger charge is 2.48. The van der Waals surface area contributed by atoms with Gasteiger partial charge in [-0.05, 0) is 103 Å². The Kier molecular flexibility index (Phi) is 13.4. The Balaban J connectivity index is 0.000000294. The van der Waals surface area contributed by atoms with Crippen LogP contribution in [0.3, 0.4) is 0 Å². The van der Waals surface area contributed by atoms with E-state index in [1.807, 2.05) is 20.8 Å². The Morgan fingerprint density at radius 1 is 0.975 bits per heavy atom. The molecule has 0 spiro atoms. The third-order valence-corrected chi connectivity index (χ3v) is 10.0. The number of nitrogens with two attached hydrogens (primary N) is 1. The maximum Gasteiger partial charge on any atom is 0.200 e. The molecule has 8 heteroatoms. The molecule has 1 amide bonds. The van der Waals surface area contributed by atoms with E-state index in [9.17, 15) is 19.5 Å². The highest BCUT2D eigenvalue weighted by atomic mass is 16.5. The van der Waals surface area contributed by atoms with Crippen molar-refractivity contribution in [2.24, 2.45) is 41.2 Å². The van der Waals surface area contributed by atoms with Crippen LogP contribution in [-0.4, -0.2) is 65.2 Å². The first-order valence-corrected chi connectivity index (χ1v) is 15.8. The smallest absolute Gasteiger partial charge is 0.200 e. The molecular formula is C32H57BN2O5. The normalized spacial score (nSPS) is 35.3. The highest BCUT2D eigenvalue weighted by molar-refractivity contribution is 6.57. The average molecular weight is 561 g/mol. The summed E-state index contributed by atoms with van der Waals surface area (Å²) in [6.07, 6.45) is 9.04. The lowest BCUT2D eigenvalue weighted by Crippen LogP contribution is -2.47. The lowest BCUT2D eigenvalue weighted by atomic mass is 9.70. The Morgan fingerprint density at radius 3 is 1.93 bits per heavy atom. The number of carbonyl (C=O) groups is 3. The Labute approximate surface area is 245 Å². The van der Waals surface area contributed by atoms with Crippen LogP contribution < -0.4 is 5.73 Å². The molecular weight excluding hydrogens is 503 g/mol. The molecule has 3 fully saturated rings. The van der Waals surface area contributed by atoms with Gasteiger partial charge in [0.25, 0.3) is 0 Å². The second kappa shape index (κ2) is 15.3. The molecule has 0 aromatic rings. The maximum absolute atomic E-state index is 12.1. The van der Waals surface area contributed by atoms with Crippen molar-refractivity contribution in [3.8, 4) is 0 Å². The van der Waals surface area contributed by atoms with E-state index in [1.54, 1.807) is 18.7 Å². The molecule has 1 heterocycles. The van der Waals surface area contributed by atoms with Crippen LogP contribution in [0.1, 0.15) is 120 Å². The standard InChI is InChI=1S/C18H30BNO3.C14H27NO2/c1-6-15-16(23-18(4,5)20(15)17(19)22)10-13-8-7-11(2)9-14(13)12(3)21;1-4-13(15)14(17)8-11-6-5-9(2)7-12(11)10(3)16/h11,13-16H,6-10H2,1-5H3;9,11-14,17H,4-8,15H2,1-3H3/t11?,13?,14?,15-,16+;9?,11?,12?,13-,14+/m00/s1. The summed E-state index contributed by atoms with van der Waals surface area (Å²) in [5.74, 6) is 2.34. The van der Waals surface area contributed by atoms with Crippen LogP contribution in [0.25, 0.3) is 0 Å². The van der Waals surface area contributed by atoms with E-state index in [4.69, 9.17) is 18.3 Å². The first-order valence-electron chi connectivity index (χ1n) is 15.8. The fraction of sp³-hybridized carbons (Fsp3) is 0.906. The third-order valence-electron chi connectivity index (χ3n) is 10.0. The molecule has 2 aliphatic carbocycles. The summed E-state index contributed by atoms with van der Waals surface area (Å²) in [7, 11) is 5.58. The molecule has 0 bridgehead atoms. The number of carbonyl (C=O) groups excluding carboxylic acids is 3. The van der Waals surface area contributed by atoms with Crippen molar-refractivity contribution in [1.29, 1.82) is 0 Å². The van der Waals surface area contributed by atoms with Gasteiger partial charge >= 0.3 is 0 Å². The van der Waals surface area contributed by atoms with Gasteiger partial charge in [0.2, 0.25) is 7.85 Å². The number of rotatable bonds is 9. The zero-order valence-corrected chi connectivity index (χ0v) is 26.5. The topological polar surface area (TPSA) is 110 Å². The predicted octanol–water partition coefficient (Wildman–Crippen LogP) is 5.64. The monoisotopic (exact) mass is 560 g/mol. The zero-order chi connectivity index (χ0) is 30.4. The van der Waals surface area contributed by atoms with Crippen LogP contribution in [0.5, 0.6) is 0 Å². The summed E-state index contributed by atoms with van der Waals surface area (Å²) in [5.41, 5.74) is 5.17. The molecule has 3 N–H and O–H groups in total. The summed E-state index contributed by atoms with van der Waals surface area (Å²) < 4.78 is 6.20. The van der Waals surface area contributed by atoms with Gasteiger partial charge in [0.15, 0.2) is 5.81 Å². The van der Waals surface area contributed by atoms with Crippen molar-refractivity contribution in [3.05, 3.63) is 0 Å². The molecule has 3 rings (SSSR count). The van der Waals surface area contributed by atoms with Gasteiger partial charge in [-0.25, -0.2) is 0 Å². The molecule has 0 aromatic heterocycles. The van der Waals surface area contributed by atoms with Crippen molar-refractivity contribution in [3.63, 3.8) is 0 Å². The zero-order valence-electron chi connectivity index (χ0n) is 26.5. The van der Waals surface area contributed by atoms with Gasteiger partial charge in [-0.2, -0.15) is 0 Å². The van der Waals surface area contributed by atoms with Gasteiger partial charge in [-0.3, -0.25) is 14.4 Å². The molecule has 6 unspecified atom stereocenters. The molecule has 40 heavy (non-hydrogen) atoms. The second-order valence-electron chi connectivity index (χ2n) is 13.7. The van der Waals surface area contributed by atoms with Gasteiger partial charge in [-0.1, -0.05) is 40.5 Å². The Bertz CT molecular complexity index is 851. The number of hydrogen-bond donors (Lipinski definition) is 2. The molecule has 0 aromatic carbocycles. The molecule has 2 saturated carbocycles. The number of ketones is 2. The quantitative estimate of drug-likeness (QED) is 0.354. The number of amides is 1. The fourth-order valence-corrected chi connectivity index (χ4v) is 7.65. The number of aliphatic hydroxyl groups excluding tert-OH is 1. The first-order chi connectivity index (χ1) is 18.6. The van der Waals surface area contributed by atoms with Gasteiger partial charge in [0.1, 0.15) is 17.3 Å². The Morgan fingerprint density at radius 2 is 1.48 bits per heavy atom. The number of nitrogens with zero attached hydrogens (tertiary/aromatic N) is 1. The van der Waals surface area contributed by atoms with E-state index in [0.717, 1.165) is 44.9 Å². The van der Waals surface area contributed by atoms with Gasteiger partial charge in [0.05, 0.1) is 18.2 Å². The fourth-order valence-electron chi connectivity index (χ4n) is 7.65. The van der Waals surface area contributed by atoms with Crippen molar-refractivity contribution in [2.45, 2.75) is 150 Å².